The van der Waals surface area contributed by atoms with Crippen molar-refractivity contribution < 1.29 is 22.7 Å². The molecule has 7 nitrogen and oxygen atoms in total. The summed E-state index contributed by atoms with van der Waals surface area (Å²) in [7, 11) is -2.35. The predicted octanol–water partition coefficient (Wildman–Crippen LogP) is 5.24. The predicted molar refractivity (Wildman–Crippen MR) is 148 cm³/mol. The summed E-state index contributed by atoms with van der Waals surface area (Å²) in [5, 5.41) is 5.34. The van der Waals surface area contributed by atoms with Gasteiger partial charge >= 0.3 is 0 Å². The van der Waals surface area contributed by atoms with Gasteiger partial charge in [0, 0.05) is 16.8 Å². The lowest BCUT2D eigenvalue weighted by molar-refractivity contribution is 0.0981. The highest BCUT2D eigenvalue weighted by molar-refractivity contribution is 7.89. The zero-order valence-electron chi connectivity index (χ0n) is 20.8. The molecule has 1 aliphatic carbocycles. The molecule has 0 aliphatic heterocycles. The van der Waals surface area contributed by atoms with Crippen LogP contribution in [0.3, 0.4) is 0 Å². The first-order chi connectivity index (χ1) is 18.8. The molecular formula is C31H22N2O5S. The number of aromatic nitrogens is 1. The number of methoxy groups -OCH3 is 1. The van der Waals surface area contributed by atoms with Crippen LogP contribution in [0.5, 0.6) is 5.75 Å². The molecule has 1 aliphatic rings. The molecule has 192 valence electrons. The van der Waals surface area contributed by atoms with E-state index in [1.807, 2.05) is 47.0 Å². The normalized spacial score (nSPS) is 12.7. The molecule has 2 N–H and O–H groups in total. The SMILES string of the molecule is COc1ccc(-c2c3c(c(-c4ccccc4)n2-c2ccc(S(N)(=O)=O)cc2)C(=O)c2ccccc2C3=O)cc1. The number of fused-ring (bicyclic) bond motifs is 2. The number of ether oxygens (including phenoxy) is 1. The molecule has 1 aromatic heterocycles. The van der Waals surface area contributed by atoms with Crippen LogP contribution in [0.25, 0.3) is 28.2 Å². The number of carbonyl (C=O) groups excluding carboxylic acids is 2. The highest BCUT2D eigenvalue weighted by Gasteiger charge is 2.39. The molecule has 0 atom stereocenters. The highest BCUT2D eigenvalue weighted by atomic mass is 32.2. The van der Waals surface area contributed by atoms with Gasteiger partial charge in [0.1, 0.15) is 5.75 Å². The van der Waals surface area contributed by atoms with Crippen molar-refractivity contribution >= 4 is 21.6 Å². The number of sulfonamides is 1. The van der Waals surface area contributed by atoms with Gasteiger partial charge in [0.15, 0.2) is 11.6 Å². The number of hydrogen-bond acceptors (Lipinski definition) is 5. The summed E-state index contributed by atoms with van der Waals surface area (Å²) < 4.78 is 31.1. The smallest absolute Gasteiger partial charge is 0.238 e. The van der Waals surface area contributed by atoms with Gasteiger partial charge in [0.25, 0.3) is 0 Å². The van der Waals surface area contributed by atoms with E-state index in [0.29, 0.717) is 50.6 Å². The Labute approximate surface area is 225 Å². The van der Waals surface area contributed by atoms with E-state index in [0.717, 1.165) is 5.56 Å². The van der Waals surface area contributed by atoms with Crippen molar-refractivity contribution in [1.82, 2.24) is 4.57 Å². The van der Waals surface area contributed by atoms with Crippen LogP contribution in [0.2, 0.25) is 0 Å². The first-order valence-electron chi connectivity index (χ1n) is 12.1. The Balaban J connectivity index is 1.76. The number of benzene rings is 4. The van der Waals surface area contributed by atoms with E-state index >= 15 is 0 Å². The van der Waals surface area contributed by atoms with Crippen LogP contribution < -0.4 is 9.88 Å². The Kier molecular flexibility index (Phi) is 5.79. The maximum absolute atomic E-state index is 14.1. The zero-order chi connectivity index (χ0) is 27.3. The summed E-state index contributed by atoms with van der Waals surface area (Å²) in [5.74, 6) is 0.121. The van der Waals surface area contributed by atoms with Gasteiger partial charge in [-0.05, 0) is 59.7 Å². The summed E-state index contributed by atoms with van der Waals surface area (Å²) in [6.45, 7) is 0. The second-order valence-electron chi connectivity index (χ2n) is 9.12. The third kappa shape index (κ3) is 3.98. The summed E-state index contributed by atoms with van der Waals surface area (Å²) in [4.78, 5) is 28.1. The van der Waals surface area contributed by atoms with Gasteiger partial charge < -0.3 is 9.30 Å². The Morgan fingerprint density at radius 3 is 1.62 bits per heavy atom. The van der Waals surface area contributed by atoms with Crippen molar-refractivity contribution in [2.45, 2.75) is 4.90 Å². The van der Waals surface area contributed by atoms with Crippen LogP contribution in [0.4, 0.5) is 0 Å². The van der Waals surface area contributed by atoms with Gasteiger partial charge in [-0.3, -0.25) is 9.59 Å². The quantitative estimate of drug-likeness (QED) is 0.325. The lowest BCUT2D eigenvalue weighted by atomic mass is 9.83. The van der Waals surface area contributed by atoms with Crippen LogP contribution >= 0.6 is 0 Å². The summed E-state index contributed by atoms with van der Waals surface area (Å²) >= 11 is 0. The second-order valence-corrected chi connectivity index (χ2v) is 10.7. The first kappa shape index (κ1) is 24.5. The Morgan fingerprint density at radius 2 is 1.13 bits per heavy atom. The number of primary sulfonamides is 1. The lowest BCUT2D eigenvalue weighted by Crippen LogP contribution is -2.20. The Hall–Kier alpha value is -4.79. The maximum Gasteiger partial charge on any atom is 0.238 e. The summed E-state index contributed by atoms with van der Waals surface area (Å²) in [6, 6.07) is 29.4. The minimum atomic E-state index is -3.92. The molecule has 0 saturated heterocycles. The van der Waals surface area contributed by atoms with E-state index in [2.05, 4.69) is 0 Å². The van der Waals surface area contributed by atoms with Crippen molar-refractivity contribution in [3.8, 4) is 34.0 Å². The minimum Gasteiger partial charge on any atom is -0.497 e. The maximum atomic E-state index is 14.1. The Morgan fingerprint density at radius 1 is 0.641 bits per heavy atom. The molecule has 4 aromatic carbocycles. The van der Waals surface area contributed by atoms with Gasteiger partial charge in [-0.15, -0.1) is 0 Å². The van der Waals surface area contributed by atoms with Crippen molar-refractivity contribution in [2.24, 2.45) is 5.14 Å². The van der Waals surface area contributed by atoms with E-state index in [1.165, 1.54) is 12.1 Å². The van der Waals surface area contributed by atoms with Gasteiger partial charge in [0.05, 0.1) is 34.5 Å². The van der Waals surface area contributed by atoms with Crippen molar-refractivity contribution in [1.29, 1.82) is 0 Å². The van der Waals surface area contributed by atoms with Crippen LogP contribution in [-0.2, 0) is 10.0 Å². The average molecular weight is 535 g/mol. The molecule has 39 heavy (non-hydrogen) atoms. The van der Waals surface area contributed by atoms with Gasteiger partial charge in [-0.1, -0.05) is 54.6 Å². The van der Waals surface area contributed by atoms with Gasteiger partial charge in [0.2, 0.25) is 10.0 Å². The van der Waals surface area contributed by atoms with E-state index in [1.54, 1.807) is 55.6 Å². The van der Waals surface area contributed by atoms with Crippen LogP contribution in [0.1, 0.15) is 31.8 Å². The fraction of sp³-hybridized carbons (Fsp3) is 0.0323. The zero-order valence-corrected chi connectivity index (χ0v) is 21.6. The van der Waals surface area contributed by atoms with Gasteiger partial charge in [-0.25, -0.2) is 13.6 Å². The number of rotatable bonds is 5. The lowest BCUT2D eigenvalue weighted by Gasteiger charge is -2.16. The van der Waals surface area contributed by atoms with E-state index in [9.17, 15) is 18.0 Å². The average Bonchev–Trinajstić information content (AvgIpc) is 3.33. The summed E-state index contributed by atoms with van der Waals surface area (Å²) in [6.07, 6.45) is 0. The van der Waals surface area contributed by atoms with E-state index in [4.69, 9.17) is 9.88 Å². The molecule has 1 heterocycles. The van der Waals surface area contributed by atoms with Crippen LogP contribution in [-0.4, -0.2) is 31.7 Å². The van der Waals surface area contributed by atoms with Crippen molar-refractivity contribution in [3.05, 3.63) is 125 Å². The molecule has 0 unspecified atom stereocenters. The van der Waals surface area contributed by atoms with Crippen molar-refractivity contribution in [3.63, 3.8) is 0 Å². The molecule has 0 radical (unpaired) electrons. The highest BCUT2D eigenvalue weighted by Crippen LogP contribution is 2.44. The van der Waals surface area contributed by atoms with Crippen molar-refractivity contribution in [2.75, 3.05) is 7.11 Å². The molecule has 0 saturated carbocycles. The molecule has 0 amide bonds. The molecular weight excluding hydrogens is 512 g/mol. The fourth-order valence-electron chi connectivity index (χ4n) is 5.10. The molecule has 0 fully saturated rings. The number of nitrogens with two attached hydrogens (primary N) is 1. The number of carbonyl (C=O) groups is 2. The summed E-state index contributed by atoms with van der Waals surface area (Å²) in [5.41, 5.74) is 4.29. The monoisotopic (exact) mass is 534 g/mol. The molecule has 8 heteroatoms. The number of hydrogen-bond donors (Lipinski definition) is 1. The second kappa shape index (κ2) is 9.20. The Bertz CT molecular complexity index is 1870. The largest absolute Gasteiger partial charge is 0.497 e. The third-order valence-electron chi connectivity index (χ3n) is 6.88. The first-order valence-corrected chi connectivity index (χ1v) is 13.6. The number of nitrogens with zero attached hydrogens (tertiary/aromatic N) is 1. The molecule has 0 spiro atoms. The van der Waals surface area contributed by atoms with E-state index < -0.39 is 10.0 Å². The van der Waals surface area contributed by atoms with Crippen LogP contribution in [0.15, 0.2) is 108 Å². The molecule has 6 rings (SSSR count). The van der Waals surface area contributed by atoms with E-state index in [-0.39, 0.29) is 16.5 Å². The topological polar surface area (TPSA) is 108 Å². The standard InChI is InChI=1S/C31H22N2O5S/c1-38-22-15-11-20(12-16-22)29-27-26(30(34)24-9-5-6-10-25(24)31(27)35)28(19-7-3-2-4-8-19)33(29)21-13-17-23(18-14-21)39(32,36)37/h2-18H,1H3,(H2,32,36,37). The van der Waals surface area contributed by atoms with Gasteiger partial charge in [-0.2, -0.15) is 0 Å². The molecule has 0 bridgehead atoms. The molecule has 5 aromatic rings. The third-order valence-corrected chi connectivity index (χ3v) is 7.80. The number of ketones is 2. The fourth-order valence-corrected chi connectivity index (χ4v) is 5.61. The minimum absolute atomic E-state index is 0.0463. The van der Waals surface area contributed by atoms with Crippen LogP contribution in [0, 0.1) is 0 Å².